The first-order valence-electron chi connectivity index (χ1n) is 5.40. The lowest BCUT2D eigenvalue weighted by atomic mass is 9.99. The second kappa shape index (κ2) is 4.81. The number of carbonyl (C=O) groups is 1. The van der Waals surface area contributed by atoms with E-state index in [1.807, 2.05) is 0 Å². The average molecular weight is 215 g/mol. The largest absolute Gasteiger partial charge is 0.447 e. The van der Waals surface area contributed by atoms with Crippen molar-refractivity contribution >= 4 is 6.09 Å². The lowest BCUT2D eigenvalue weighted by molar-refractivity contribution is -0.0566. The fourth-order valence-electron chi connectivity index (χ4n) is 2.01. The Morgan fingerprint density at radius 3 is 2.73 bits per heavy atom. The topological polar surface area (TPSA) is 56.8 Å². The zero-order chi connectivity index (χ0) is 10.7. The van der Waals surface area contributed by atoms with Crippen molar-refractivity contribution in [2.75, 3.05) is 19.8 Å². The van der Waals surface area contributed by atoms with E-state index in [0.29, 0.717) is 25.7 Å². The van der Waals surface area contributed by atoms with E-state index < -0.39 is 0 Å². The first-order chi connectivity index (χ1) is 7.24. The highest BCUT2D eigenvalue weighted by Crippen LogP contribution is 2.19. The molecule has 2 aliphatic rings. The van der Waals surface area contributed by atoms with E-state index in [9.17, 15) is 4.79 Å². The molecule has 0 aliphatic carbocycles. The Kier molecular flexibility index (Phi) is 3.43. The Balaban J connectivity index is 1.67. The summed E-state index contributed by atoms with van der Waals surface area (Å²) in [4.78, 5) is 10.8. The number of alkyl carbamates (subject to hydrolysis) is 1. The van der Waals surface area contributed by atoms with Gasteiger partial charge in [-0.3, -0.25) is 0 Å². The number of amides is 1. The molecule has 15 heavy (non-hydrogen) atoms. The Morgan fingerprint density at radius 1 is 1.40 bits per heavy atom. The van der Waals surface area contributed by atoms with Gasteiger partial charge in [-0.2, -0.15) is 0 Å². The van der Waals surface area contributed by atoms with Crippen LogP contribution in [0, 0.1) is 5.92 Å². The van der Waals surface area contributed by atoms with Gasteiger partial charge in [0.25, 0.3) is 0 Å². The number of nitrogens with one attached hydrogen (secondary N) is 1. The van der Waals surface area contributed by atoms with Gasteiger partial charge >= 0.3 is 6.09 Å². The predicted octanol–water partition coefficient (Wildman–Crippen LogP) is 0.884. The van der Waals surface area contributed by atoms with Crippen molar-refractivity contribution in [3.05, 3.63) is 0 Å². The standard InChI is InChI=1S/C10H17NO4/c1-7(5-9-13-2-3-14-9)4-8-6-15-10(12)11-8/h7-9H,2-6H2,1H3,(H,11,12)/t7-,8-/m1/s1. The average Bonchev–Trinajstić information content (AvgIpc) is 2.77. The number of cyclic esters (lactones) is 1. The predicted molar refractivity (Wildman–Crippen MR) is 52.4 cm³/mol. The molecule has 2 heterocycles. The van der Waals surface area contributed by atoms with Crippen LogP contribution in [0.5, 0.6) is 0 Å². The molecule has 0 saturated carbocycles. The molecule has 0 unspecified atom stereocenters. The summed E-state index contributed by atoms with van der Waals surface area (Å²) in [6.07, 6.45) is 1.43. The van der Waals surface area contributed by atoms with Crippen molar-refractivity contribution in [2.45, 2.75) is 32.1 Å². The summed E-state index contributed by atoms with van der Waals surface area (Å²) in [6, 6.07) is 0.147. The van der Waals surface area contributed by atoms with Crippen LogP contribution >= 0.6 is 0 Å². The molecule has 0 bridgehead atoms. The van der Waals surface area contributed by atoms with Gasteiger partial charge in [0.05, 0.1) is 19.3 Å². The highest BCUT2D eigenvalue weighted by molar-refractivity contribution is 5.69. The smallest absolute Gasteiger partial charge is 0.407 e. The van der Waals surface area contributed by atoms with Crippen molar-refractivity contribution in [2.24, 2.45) is 5.92 Å². The molecule has 0 aromatic carbocycles. The van der Waals surface area contributed by atoms with Crippen molar-refractivity contribution in [1.82, 2.24) is 5.32 Å². The molecule has 5 nitrogen and oxygen atoms in total. The van der Waals surface area contributed by atoms with E-state index in [-0.39, 0.29) is 18.4 Å². The first-order valence-corrected chi connectivity index (χ1v) is 5.40. The van der Waals surface area contributed by atoms with Crippen LogP contribution in [0.1, 0.15) is 19.8 Å². The third-order valence-electron chi connectivity index (χ3n) is 2.71. The molecule has 0 radical (unpaired) electrons. The second-order valence-corrected chi connectivity index (χ2v) is 4.19. The fourth-order valence-corrected chi connectivity index (χ4v) is 2.01. The minimum absolute atomic E-state index is 0.0574. The maximum atomic E-state index is 10.8. The molecule has 2 rings (SSSR count). The molecule has 2 atom stereocenters. The highest BCUT2D eigenvalue weighted by atomic mass is 16.7. The van der Waals surface area contributed by atoms with E-state index >= 15 is 0 Å². The zero-order valence-electron chi connectivity index (χ0n) is 8.90. The van der Waals surface area contributed by atoms with Gasteiger partial charge in [0.15, 0.2) is 6.29 Å². The molecule has 0 aromatic heterocycles. The van der Waals surface area contributed by atoms with E-state index in [4.69, 9.17) is 14.2 Å². The number of ether oxygens (including phenoxy) is 3. The summed E-state index contributed by atoms with van der Waals surface area (Å²) < 4.78 is 15.6. The molecule has 2 aliphatic heterocycles. The fraction of sp³-hybridized carbons (Fsp3) is 0.900. The van der Waals surface area contributed by atoms with Gasteiger partial charge in [0.2, 0.25) is 0 Å². The molecule has 86 valence electrons. The number of hydrogen-bond acceptors (Lipinski definition) is 4. The van der Waals surface area contributed by atoms with Crippen LogP contribution in [-0.2, 0) is 14.2 Å². The summed E-state index contributed by atoms with van der Waals surface area (Å²) in [6.45, 7) is 4.01. The Bertz CT molecular complexity index is 227. The number of rotatable bonds is 4. The number of carbonyl (C=O) groups excluding carboxylic acids is 1. The SMILES string of the molecule is C[C@@H](CC1OCCO1)C[C@@H]1COC(=O)N1. The third kappa shape index (κ3) is 3.07. The van der Waals surface area contributed by atoms with Gasteiger partial charge in [-0.05, 0) is 12.3 Å². The van der Waals surface area contributed by atoms with Crippen molar-refractivity contribution in [1.29, 1.82) is 0 Å². The van der Waals surface area contributed by atoms with Crippen LogP contribution in [0.2, 0.25) is 0 Å². The highest BCUT2D eigenvalue weighted by Gasteiger charge is 2.26. The van der Waals surface area contributed by atoms with E-state index in [1.165, 1.54) is 0 Å². The molecule has 0 spiro atoms. The molecular formula is C10H17NO4. The molecular weight excluding hydrogens is 198 g/mol. The zero-order valence-corrected chi connectivity index (χ0v) is 8.90. The normalized spacial score (nSPS) is 28.9. The maximum absolute atomic E-state index is 10.8. The molecule has 1 N–H and O–H groups in total. The Morgan fingerprint density at radius 2 is 2.13 bits per heavy atom. The Hall–Kier alpha value is -0.810. The summed E-state index contributed by atoms with van der Waals surface area (Å²) in [5.41, 5.74) is 0. The lowest BCUT2D eigenvalue weighted by Crippen LogP contribution is -2.29. The van der Waals surface area contributed by atoms with Crippen LogP contribution in [0.25, 0.3) is 0 Å². The van der Waals surface area contributed by atoms with Crippen LogP contribution in [0.4, 0.5) is 4.79 Å². The summed E-state index contributed by atoms with van der Waals surface area (Å²) in [5.74, 6) is 0.458. The minimum Gasteiger partial charge on any atom is -0.447 e. The van der Waals surface area contributed by atoms with Crippen molar-refractivity contribution < 1.29 is 19.0 Å². The summed E-state index contributed by atoms with van der Waals surface area (Å²) in [5, 5.41) is 2.77. The van der Waals surface area contributed by atoms with Crippen molar-refractivity contribution in [3.8, 4) is 0 Å². The van der Waals surface area contributed by atoms with E-state index in [2.05, 4.69) is 12.2 Å². The van der Waals surface area contributed by atoms with Gasteiger partial charge in [0.1, 0.15) is 6.61 Å². The van der Waals surface area contributed by atoms with E-state index in [0.717, 1.165) is 12.8 Å². The van der Waals surface area contributed by atoms with E-state index in [1.54, 1.807) is 0 Å². The van der Waals surface area contributed by atoms with Crippen LogP contribution in [0.3, 0.4) is 0 Å². The summed E-state index contributed by atoms with van der Waals surface area (Å²) in [7, 11) is 0. The molecule has 0 aromatic rings. The van der Waals surface area contributed by atoms with Gasteiger partial charge in [-0.15, -0.1) is 0 Å². The number of hydrogen-bond donors (Lipinski definition) is 1. The van der Waals surface area contributed by atoms with Gasteiger partial charge in [-0.1, -0.05) is 6.92 Å². The van der Waals surface area contributed by atoms with Crippen LogP contribution in [0.15, 0.2) is 0 Å². The maximum Gasteiger partial charge on any atom is 0.407 e. The molecule has 2 fully saturated rings. The molecule has 5 heteroatoms. The summed E-state index contributed by atoms with van der Waals surface area (Å²) >= 11 is 0. The molecule has 1 amide bonds. The molecule has 2 saturated heterocycles. The second-order valence-electron chi connectivity index (χ2n) is 4.19. The lowest BCUT2D eigenvalue weighted by Gasteiger charge is -2.17. The van der Waals surface area contributed by atoms with Crippen molar-refractivity contribution in [3.63, 3.8) is 0 Å². The Labute approximate surface area is 89.1 Å². The van der Waals surface area contributed by atoms with Gasteiger partial charge in [-0.25, -0.2) is 4.79 Å². The van der Waals surface area contributed by atoms with Gasteiger partial charge in [0, 0.05) is 6.42 Å². The minimum atomic E-state index is -0.305. The van der Waals surface area contributed by atoms with Crippen LogP contribution in [-0.4, -0.2) is 38.2 Å². The first kappa shape index (κ1) is 10.7. The quantitative estimate of drug-likeness (QED) is 0.756. The third-order valence-corrected chi connectivity index (χ3v) is 2.71. The van der Waals surface area contributed by atoms with Gasteiger partial charge < -0.3 is 19.5 Å². The monoisotopic (exact) mass is 215 g/mol. The van der Waals surface area contributed by atoms with Crippen LogP contribution < -0.4 is 5.32 Å².